The monoisotopic (exact) mass is 244 g/mol. The lowest BCUT2D eigenvalue weighted by Crippen LogP contribution is -2.41. The van der Waals surface area contributed by atoms with Crippen molar-refractivity contribution in [2.45, 2.75) is 39.7 Å². The second-order valence-corrected chi connectivity index (χ2v) is 4.18. The number of alkyl carbamates (subject to hydrolysis) is 1. The Morgan fingerprint density at radius 1 is 1.18 bits per heavy atom. The molecule has 0 fully saturated rings. The lowest BCUT2D eigenvalue weighted by Gasteiger charge is -2.12. The van der Waals surface area contributed by atoms with Gasteiger partial charge in [-0.25, -0.2) is 9.59 Å². The number of ether oxygens (including phenoxy) is 1. The summed E-state index contributed by atoms with van der Waals surface area (Å²) in [6.07, 6.45) is 0.275. The third-order valence-corrected chi connectivity index (χ3v) is 2.08. The van der Waals surface area contributed by atoms with E-state index in [2.05, 4.69) is 15.4 Å². The molecular weight excluding hydrogens is 224 g/mol. The molecule has 0 saturated carbocycles. The molecule has 0 rings (SSSR count). The molecule has 0 heterocycles. The van der Waals surface area contributed by atoms with Crippen LogP contribution in [0.3, 0.4) is 0 Å². The number of carbonyl (C=O) groups is 3. The van der Waals surface area contributed by atoms with Crippen molar-refractivity contribution in [1.82, 2.24) is 10.6 Å². The molecule has 98 valence electrons. The van der Waals surface area contributed by atoms with Crippen molar-refractivity contribution in [3.8, 4) is 0 Å². The predicted octanol–water partition coefficient (Wildman–Crippen LogP) is 0.810. The van der Waals surface area contributed by atoms with Crippen molar-refractivity contribution in [1.29, 1.82) is 0 Å². The van der Waals surface area contributed by atoms with Gasteiger partial charge in [-0.05, 0) is 19.3 Å². The van der Waals surface area contributed by atoms with Gasteiger partial charge in [0.15, 0.2) is 0 Å². The van der Waals surface area contributed by atoms with E-state index in [-0.39, 0.29) is 5.91 Å². The highest BCUT2D eigenvalue weighted by Crippen LogP contribution is 2.03. The first-order chi connectivity index (χ1) is 7.86. The summed E-state index contributed by atoms with van der Waals surface area (Å²) in [5, 5.41) is 4.62. The highest BCUT2D eigenvalue weighted by Gasteiger charge is 2.19. The van der Waals surface area contributed by atoms with Crippen molar-refractivity contribution >= 4 is 18.0 Å². The number of hydrogen-bond acceptors (Lipinski definition) is 4. The SMILES string of the molecule is CNC(=O)OC(=O)[C@@H](C)NC(=O)CCC(C)C. The van der Waals surface area contributed by atoms with Crippen molar-refractivity contribution in [3.05, 3.63) is 0 Å². The van der Waals surface area contributed by atoms with Crippen LogP contribution in [-0.2, 0) is 14.3 Å². The van der Waals surface area contributed by atoms with Crippen molar-refractivity contribution < 1.29 is 19.1 Å². The fourth-order valence-electron chi connectivity index (χ4n) is 1.02. The van der Waals surface area contributed by atoms with E-state index in [1.807, 2.05) is 13.8 Å². The maximum Gasteiger partial charge on any atom is 0.414 e. The summed E-state index contributed by atoms with van der Waals surface area (Å²) >= 11 is 0. The van der Waals surface area contributed by atoms with Crippen molar-refractivity contribution in [2.24, 2.45) is 5.92 Å². The molecule has 0 radical (unpaired) electrons. The van der Waals surface area contributed by atoms with Gasteiger partial charge in [0.05, 0.1) is 0 Å². The molecule has 0 saturated heterocycles. The highest BCUT2D eigenvalue weighted by atomic mass is 16.6. The minimum Gasteiger partial charge on any atom is -0.375 e. The van der Waals surface area contributed by atoms with Crippen LogP contribution in [0.4, 0.5) is 4.79 Å². The fraction of sp³-hybridized carbons (Fsp3) is 0.727. The molecule has 0 unspecified atom stereocenters. The number of amides is 2. The van der Waals surface area contributed by atoms with Gasteiger partial charge in [-0.15, -0.1) is 0 Å². The second-order valence-electron chi connectivity index (χ2n) is 4.18. The van der Waals surface area contributed by atoms with Gasteiger partial charge in [0, 0.05) is 13.5 Å². The minimum absolute atomic E-state index is 0.222. The normalized spacial score (nSPS) is 11.8. The van der Waals surface area contributed by atoms with Crippen LogP contribution in [0.5, 0.6) is 0 Å². The lowest BCUT2D eigenvalue weighted by atomic mass is 10.1. The molecule has 0 bridgehead atoms. The molecule has 0 aliphatic carbocycles. The van der Waals surface area contributed by atoms with Gasteiger partial charge in [0.2, 0.25) is 5.91 Å². The topological polar surface area (TPSA) is 84.5 Å². The van der Waals surface area contributed by atoms with Crippen LogP contribution >= 0.6 is 0 Å². The zero-order valence-electron chi connectivity index (χ0n) is 10.7. The largest absolute Gasteiger partial charge is 0.414 e. The van der Waals surface area contributed by atoms with Gasteiger partial charge in [-0.1, -0.05) is 13.8 Å². The second kappa shape index (κ2) is 7.65. The molecule has 0 spiro atoms. The van der Waals surface area contributed by atoms with E-state index in [9.17, 15) is 14.4 Å². The maximum atomic E-state index is 11.4. The van der Waals surface area contributed by atoms with Crippen LogP contribution in [0.15, 0.2) is 0 Å². The zero-order valence-corrected chi connectivity index (χ0v) is 10.7. The quantitative estimate of drug-likeness (QED) is 0.553. The Bertz CT molecular complexity index is 289. The van der Waals surface area contributed by atoms with Crippen LogP contribution < -0.4 is 10.6 Å². The van der Waals surface area contributed by atoms with Crippen LogP contribution in [0, 0.1) is 5.92 Å². The van der Waals surface area contributed by atoms with E-state index >= 15 is 0 Å². The van der Waals surface area contributed by atoms with Crippen LogP contribution in [0.2, 0.25) is 0 Å². The first kappa shape index (κ1) is 15.4. The van der Waals surface area contributed by atoms with Crippen molar-refractivity contribution in [3.63, 3.8) is 0 Å². The predicted molar refractivity (Wildman–Crippen MR) is 62.2 cm³/mol. The van der Waals surface area contributed by atoms with E-state index in [0.717, 1.165) is 6.42 Å². The highest BCUT2D eigenvalue weighted by molar-refractivity contribution is 5.90. The van der Waals surface area contributed by atoms with Gasteiger partial charge in [0.25, 0.3) is 0 Å². The summed E-state index contributed by atoms with van der Waals surface area (Å²) in [7, 11) is 1.35. The summed E-state index contributed by atoms with van der Waals surface area (Å²) in [6, 6.07) is -0.827. The van der Waals surface area contributed by atoms with E-state index in [1.165, 1.54) is 14.0 Å². The molecule has 0 aliphatic heterocycles. The van der Waals surface area contributed by atoms with Gasteiger partial charge < -0.3 is 15.4 Å². The van der Waals surface area contributed by atoms with Gasteiger partial charge in [-0.2, -0.15) is 0 Å². The van der Waals surface area contributed by atoms with Crippen LogP contribution in [0.1, 0.15) is 33.6 Å². The summed E-state index contributed by atoms with van der Waals surface area (Å²) in [6.45, 7) is 5.49. The Morgan fingerprint density at radius 2 is 1.76 bits per heavy atom. The average Bonchev–Trinajstić information content (AvgIpc) is 2.25. The molecule has 2 amide bonds. The molecule has 17 heavy (non-hydrogen) atoms. The van der Waals surface area contributed by atoms with E-state index in [0.29, 0.717) is 12.3 Å². The first-order valence-corrected chi connectivity index (χ1v) is 5.59. The Kier molecular flexibility index (Phi) is 6.93. The minimum atomic E-state index is -0.835. The summed E-state index contributed by atoms with van der Waals surface area (Å²) in [4.78, 5) is 33.4. The molecular formula is C11H20N2O4. The standard InChI is InChI=1S/C11H20N2O4/c1-7(2)5-6-9(14)13-8(3)10(15)17-11(16)12-4/h7-8H,5-6H2,1-4H3,(H,12,16)(H,13,14)/t8-/m1/s1. The number of rotatable bonds is 5. The zero-order chi connectivity index (χ0) is 13.4. The van der Waals surface area contributed by atoms with E-state index in [4.69, 9.17) is 0 Å². The third kappa shape index (κ3) is 7.32. The molecule has 0 aromatic heterocycles. The number of nitrogens with one attached hydrogen (secondary N) is 2. The van der Waals surface area contributed by atoms with Gasteiger partial charge in [-0.3, -0.25) is 4.79 Å². The molecule has 0 aromatic carbocycles. The summed E-state index contributed by atoms with van der Waals surface area (Å²) in [5.41, 5.74) is 0. The number of carbonyl (C=O) groups excluding carboxylic acids is 3. The smallest absolute Gasteiger partial charge is 0.375 e. The summed E-state index contributed by atoms with van der Waals surface area (Å²) in [5.74, 6) is -0.573. The average molecular weight is 244 g/mol. The molecule has 6 nitrogen and oxygen atoms in total. The van der Waals surface area contributed by atoms with E-state index in [1.54, 1.807) is 0 Å². The molecule has 0 aliphatic rings. The molecule has 2 N–H and O–H groups in total. The Morgan fingerprint density at radius 3 is 2.24 bits per heavy atom. The van der Waals surface area contributed by atoms with Crippen molar-refractivity contribution in [2.75, 3.05) is 7.05 Å². The number of hydrogen-bond donors (Lipinski definition) is 2. The van der Waals surface area contributed by atoms with E-state index < -0.39 is 18.1 Å². The maximum absolute atomic E-state index is 11.4. The Labute approximate surface area is 101 Å². The Balaban J connectivity index is 3.98. The summed E-state index contributed by atoms with van der Waals surface area (Å²) < 4.78 is 4.38. The fourth-order valence-corrected chi connectivity index (χ4v) is 1.02. The van der Waals surface area contributed by atoms with Crippen LogP contribution in [0.25, 0.3) is 0 Å². The van der Waals surface area contributed by atoms with Gasteiger partial charge in [0.1, 0.15) is 6.04 Å². The third-order valence-electron chi connectivity index (χ3n) is 2.08. The molecule has 0 aromatic rings. The molecule has 1 atom stereocenters. The Hall–Kier alpha value is -1.59. The molecule has 6 heteroatoms. The van der Waals surface area contributed by atoms with Gasteiger partial charge >= 0.3 is 12.1 Å². The first-order valence-electron chi connectivity index (χ1n) is 5.59. The number of esters is 1. The van der Waals surface area contributed by atoms with Crippen LogP contribution in [-0.4, -0.2) is 31.1 Å². The lowest BCUT2D eigenvalue weighted by molar-refractivity contribution is -0.141.